The molecular weight excluding hydrogens is 456 g/mol. The minimum atomic E-state index is -3.54. The second kappa shape index (κ2) is 11.5. The van der Waals surface area contributed by atoms with Crippen LogP contribution in [0.1, 0.15) is 13.3 Å². The summed E-state index contributed by atoms with van der Waals surface area (Å²) in [6.45, 7) is 3.86. The summed E-state index contributed by atoms with van der Waals surface area (Å²) in [6, 6.07) is 13.1. The number of hydrogen-bond acceptors (Lipinski definition) is 6. The highest BCUT2D eigenvalue weighted by Gasteiger charge is 2.26. The van der Waals surface area contributed by atoms with E-state index in [0.717, 1.165) is 0 Å². The number of nitrogens with zero attached hydrogens (tertiary/aromatic N) is 1. The first-order valence-electron chi connectivity index (χ1n) is 10.4. The molecule has 0 aliphatic carbocycles. The van der Waals surface area contributed by atoms with Crippen LogP contribution in [0.25, 0.3) is 0 Å². The second-order valence-electron chi connectivity index (χ2n) is 7.10. The minimum absolute atomic E-state index is 0.212. The maximum Gasteiger partial charge on any atom is 0.261 e. The summed E-state index contributed by atoms with van der Waals surface area (Å²) in [5.41, 5.74) is 0. The molecule has 0 saturated carbocycles. The van der Waals surface area contributed by atoms with E-state index in [4.69, 9.17) is 25.8 Å². The summed E-state index contributed by atoms with van der Waals surface area (Å²) in [4.78, 5) is 12.6. The van der Waals surface area contributed by atoms with E-state index in [9.17, 15) is 13.2 Å². The van der Waals surface area contributed by atoms with E-state index in [0.29, 0.717) is 49.2 Å². The molecule has 1 fully saturated rings. The molecule has 1 aliphatic rings. The Kier molecular flexibility index (Phi) is 8.75. The maximum absolute atomic E-state index is 12.6. The van der Waals surface area contributed by atoms with Gasteiger partial charge in [0.1, 0.15) is 18.1 Å². The van der Waals surface area contributed by atoms with Crippen molar-refractivity contribution in [1.82, 2.24) is 9.62 Å². The molecule has 1 aliphatic heterocycles. The Balaban J connectivity index is 1.45. The van der Waals surface area contributed by atoms with E-state index in [1.165, 1.54) is 16.4 Å². The maximum atomic E-state index is 12.6. The van der Waals surface area contributed by atoms with E-state index in [1.54, 1.807) is 36.4 Å². The average Bonchev–Trinajstić information content (AvgIpc) is 2.81. The summed E-state index contributed by atoms with van der Waals surface area (Å²) in [7, 11) is -3.54. The Morgan fingerprint density at radius 3 is 2.53 bits per heavy atom. The fourth-order valence-corrected chi connectivity index (χ4v) is 4.72. The third-order valence-electron chi connectivity index (χ3n) is 4.84. The van der Waals surface area contributed by atoms with Crippen molar-refractivity contribution in [1.29, 1.82) is 0 Å². The lowest BCUT2D eigenvalue weighted by Gasteiger charge is -2.26. The molecular formula is C22H27ClN2O6S. The van der Waals surface area contributed by atoms with Crippen molar-refractivity contribution in [3.05, 3.63) is 53.6 Å². The van der Waals surface area contributed by atoms with Crippen LogP contribution in [0.2, 0.25) is 5.02 Å². The first kappa shape index (κ1) is 24.3. The Hall–Kier alpha value is -2.33. The molecule has 0 radical (unpaired) electrons. The van der Waals surface area contributed by atoms with Crippen LogP contribution in [0.5, 0.6) is 11.5 Å². The van der Waals surface area contributed by atoms with Gasteiger partial charge in [-0.3, -0.25) is 4.79 Å². The van der Waals surface area contributed by atoms with Crippen LogP contribution in [0, 0.1) is 0 Å². The quantitative estimate of drug-likeness (QED) is 0.523. The van der Waals surface area contributed by atoms with Gasteiger partial charge in [-0.2, -0.15) is 4.31 Å². The molecule has 174 valence electrons. The van der Waals surface area contributed by atoms with Gasteiger partial charge in [0.05, 0.1) is 24.7 Å². The summed E-state index contributed by atoms with van der Waals surface area (Å²) in [5.74, 6) is 0.799. The molecule has 0 bridgehead atoms. The molecule has 3 rings (SSSR count). The van der Waals surface area contributed by atoms with Gasteiger partial charge in [-0.25, -0.2) is 8.42 Å². The smallest absolute Gasteiger partial charge is 0.261 e. The molecule has 10 heteroatoms. The zero-order chi connectivity index (χ0) is 23.0. The molecule has 2 aromatic carbocycles. The largest absolute Gasteiger partial charge is 0.492 e. The average molecular weight is 483 g/mol. The van der Waals surface area contributed by atoms with Crippen LogP contribution in [0.4, 0.5) is 0 Å². The lowest BCUT2D eigenvalue weighted by molar-refractivity contribution is -0.128. The van der Waals surface area contributed by atoms with Crippen molar-refractivity contribution < 1.29 is 27.4 Å². The second-order valence-corrected chi connectivity index (χ2v) is 9.47. The number of sulfonamides is 1. The van der Waals surface area contributed by atoms with Gasteiger partial charge in [-0.05, 0) is 48.9 Å². The number of carbonyl (C=O) groups excluding carboxylic acids is 1. The fraction of sp³-hybridized carbons (Fsp3) is 0.409. The molecule has 32 heavy (non-hydrogen) atoms. The number of benzene rings is 2. The third kappa shape index (κ3) is 6.59. The van der Waals surface area contributed by atoms with Gasteiger partial charge in [0.25, 0.3) is 5.91 Å². The molecule has 1 atom stereocenters. The van der Waals surface area contributed by atoms with E-state index in [1.807, 2.05) is 6.92 Å². The molecule has 2 aromatic rings. The number of amides is 1. The number of hydrogen-bond donors (Lipinski definition) is 1. The Morgan fingerprint density at radius 2 is 1.88 bits per heavy atom. The van der Waals surface area contributed by atoms with Crippen molar-refractivity contribution in [2.24, 2.45) is 0 Å². The van der Waals surface area contributed by atoms with Gasteiger partial charge in [0, 0.05) is 18.1 Å². The molecule has 1 saturated heterocycles. The Bertz CT molecular complexity index is 994. The van der Waals surface area contributed by atoms with Crippen LogP contribution in [-0.2, 0) is 19.6 Å². The minimum Gasteiger partial charge on any atom is -0.492 e. The lowest BCUT2D eigenvalue weighted by Crippen LogP contribution is -2.40. The zero-order valence-electron chi connectivity index (χ0n) is 17.8. The number of carbonyl (C=O) groups is 1. The van der Waals surface area contributed by atoms with E-state index in [2.05, 4.69) is 5.32 Å². The van der Waals surface area contributed by atoms with Crippen molar-refractivity contribution in [3.8, 4) is 11.5 Å². The summed E-state index contributed by atoms with van der Waals surface area (Å²) in [5, 5.41) is 3.32. The topological polar surface area (TPSA) is 94.2 Å². The van der Waals surface area contributed by atoms with E-state index >= 15 is 0 Å². The van der Waals surface area contributed by atoms with Gasteiger partial charge in [-0.1, -0.05) is 24.6 Å². The van der Waals surface area contributed by atoms with Gasteiger partial charge >= 0.3 is 0 Å². The molecule has 1 heterocycles. The summed E-state index contributed by atoms with van der Waals surface area (Å²) < 4.78 is 43.2. The predicted octanol–water partition coefficient (Wildman–Crippen LogP) is 2.71. The summed E-state index contributed by atoms with van der Waals surface area (Å²) >= 11 is 5.95. The molecule has 1 amide bonds. The SMILES string of the molecule is CCC(Oc1cccc(Cl)c1)C(=O)NCCOc1ccc(S(=O)(=O)N2CCOCC2)cc1. The first-order chi connectivity index (χ1) is 15.4. The number of halogens is 1. The highest BCUT2D eigenvalue weighted by Crippen LogP contribution is 2.21. The van der Waals surface area contributed by atoms with Gasteiger partial charge in [-0.15, -0.1) is 0 Å². The molecule has 0 spiro atoms. The van der Waals surface area contributed by atoms with E-state index < -0.39 is 16.1 Å². The first-order valence-corrected chi connectivity index (χ1v) is 12.2. The van der Waals surface area contributed by atoms with Crippen LogP contribution in [0.3, 0.4) is 0 Å². The number of ether oxygens (including phenoxy) is 3. The monoisotopic (exact) mass is 482 g/mol. The molecule has 8 nitrogen and oxygen atoms in total. The normalized spacial score (nSPS) is 15.7. The van der Waals surface area contributed by atoms with Crippen molar-refractivity contribution in [2.45, 2.75) is 24.3 Å². The number of morpholine rings is 1. The van der Waals surface area contributed by atoms with Gasteiger partial charge in [0.15, 0.2) is 6.10 Å². The van der Waals surface area contributed by atoms with Gasteiger partial charge in [0.2, 0.25) is 10.0 Å². The van der Waals surface area contributed by atoms with Crippen LogP contribution >= 0.6 is 11.6 Å². The van der Waals surface area contributed by atoms with Crippen LogP contribution in [0.15, 0.2) is 53.4 Å². The van der Waals surface area contributed by atoms with Crippen molar-refractivity contribution >= 4 is 27.5 Å². The number of rotatable bonds is 10. The zero-order valence-corrected chi connectivity index (χ0v) is 19.4. The summed E-state index contributed by atoms with van der Waals surface area (Å²) in [6.07, 6.45) is -0.142. The lowest BCUT2D eigenvalue weighted by atomic mass is 10.2. The standard InChI is InChI=1S/C22H27ClN2O6S/c1-2-21(31-19-5-3-4-17(23)16-19)22(26)24-10-13-30-18-6-8-20(9-7-18)32(27,28)25-11-14-29-15-12-25/h3-9,16,21H,2,10-15H2,1H3,(H,24,26). The van der Waals surface area contributed by atoms with Crippen LogP contribution in [-0.4, -0.2) is 64.2 Å². The Morgan fingerprint density at radius 1 is 1.16 bits per heavy atom. The predicted molar refractivity (Wildman–Crippen MR) is 121 cm³/mol. The third-order valence-corrected chi connectivity index (χ3v) is 6.99. The Labute approximate surface area is 193 Å². The number of nitrogens with one attached hydrogen (secondary N) is 1. The fourth-order valence-electron chi connectivity index (χ4n) is 3.13. The van der Waals surface area contributed by atoms with Crippen LogP contribution < -0.4 is 14.8 Å². The van der Waals surface area contributed by atoms with Gasteiger partial charge < -0.3 is 19.5 Å². The molecule has 1 unspecified atom stereocenters. The molecule has 1 N–H and O–H groups in total. The highest BCUT2D eigenvalue weighted by molar-refractivity contribution is 7.89. The van der Waals surface area contributed by atoms with Crippen molar-refractivity contribution in [2.75, 3.05) is 39.5 Å². The molecule has 0 aromatic heterocycles. The van der Waals surface area contributed by atoms with E-state index in [-0.39, 0.29) is 24.0 Å². The van der Waals surface area contributed by atoms with Crippen molar-refractivity contribution in [3.63, 3.8) is 0 Å². The highest BCUT2D eigenvalue weighted by atomic mass is 35.5.